The van der Waals surface area contributed by atoms with Crippen molar-refractivity contribution in [1.82, 2.24) is 4.90 Å². The quantitative estimate of drug-likeness (QED) is 0.406. The standard InChI is InChI=1S/C14H22N4O2.HI/c1-3-18(4-2)14(16)17-9-11-6-5-7-12(8-11)20-10-13(15)19;/h5-8H,3-4,9-10H2,1-2H3,(H2,15,19)(H2,16,17);1H. The first-order chi connectivity index (χ1) is 9.56. The van der Waals surface area contributed by atoms with Crippen LogP contribution in [0.4, 0.5) is 0 Å². The summed E-state index contributed by atoms with van der Waals surface area (Å²) >= 11 is 0. The van der Waals surface area contributed by atoms with Gasteiger partial charge in [-0.05, 0) is 31.5 Å². The Balaban J connectivity index is 0.00000400. The number of hydrogen-bond acceptors (Lipinski definition) is 3. The lowest BCUT2D eigenvalue weighted by Crippen LogP contribution is -2.37. The van der Waals surface area contributed by atoms with Gasteiger partial charge in [0.25, 0.3) is 5.91 Å². The van der Waals surface area contributed by atoms with Crippen molar-refractivity contribution in [1.29, 1.82) is 0 Å². The Hall–Kier alpha value is -1.51. The summed E-state index contributed by atoms with van der Waals surface area (Å²) in [6.45, 7) is 6.06. The van der Waals surface area contributed by atoms with Gasteiger partial charge in [-0.1, -0.05) is 12.1 Å². The minimum Gasteiger partial charge on any atom is -0.484 e. The number of hydrogen-bond donors (Lipinski definition) is 2. The van der Waals surface area contributed by atoms with Crippen LogP contribution >= 0.6 is 24.0 Å². The second-order valence-electron chi connectivity index (χ2n) is 4.25. The molecule has 0 aliphatic rings. The molecule has 0 heterocycles. The number of carbonyl (C=O) groups is 1. The first-order valence-electron chi connectivity index (χ1n) is 6.61. The predicted octanol–water partition coefficient (Wildman–Crippen LogP) is 1.33. The van der Waals surface area contributed by atoms with E-state index in [2.05, 4.69) is 4.99 Å². The van der Waals surface area contributed by atoms with E-state index in [1.54, 1.807) is 6.07 Å². The molecule has 0 saturated carbocycles. The molecule has 0 radical (unpaired) electrons. The van der Waals surface area contributed by atoms with E-state index in [0.717, 1.165) is 18.7 Å². The molecule has 0 unspecified atom stereocenters. The summed E-state index contributed by atoms with van der Waals surface area (Å²) in [5, 5.41) is 0. The molecule has 0 fully saturated rings. The largest absolute Gasteiger partial charge is 0.484 e. The van der Waals surface area contributed by atoms with Crippen molar-refractivity contribution in [2.24, 2.45) is 16.5 Å². The van der Waals surface area contributed by atoms with E-state index in [0.29, 0.717) is 18.3 Å². The van der Waals surface area contributed by atoms with Crippen LogP contribution in [0.2, 0.25) is 0 Å². The third-order valence-electron chi connectivity index (χ3n) is 2.79. The molecule has 0 bridgehead atoms. The molecular formula is C14H23IN4O2. The van der Waals surface area contributed by atoms with Crippen LogP contribution in [0.15, 0.2) is 29.3 Å². The summed E-state index contributed by atoms with van der Waals surface area (Å²) in [4.78, 5) is 17.0. The van der Waals surface area contributed by atoms with Crippen LogP contribution in [0.3, 0.4) is 0 Å². The summed E-state index contributed by atoms with van der Waals surface area (Å²) < 4.78 is 5.24. The lowest BCUT2D eigenvalue weighted by atomic mass is 10.2. The number of nitrogens with two attached hydrogens (primary N) is 2. The van der Waals surface area contributed by atoms with Gasteiger partial charge in [0.05, 0.1) is 6.54 Å². The van der Waals surface area contributed by atoms with Crippen LogP contribution in [-0.2, 0) is 11.3 Å². The first kappa shape index (κ1) is 19.5. The van der Waals surface area contributed by atoms with Crippen molar-refractivity contribution in [3.05, 3.63) is 29.8 Å². The van der Waals surface area contributed by atoms with Crippen LogP contribution in [0.5, 0.6) is 5.75 Å². The van der Waals surface area contributed by atoms with Gasteiger partial charge in [-0.2, -0.15) is 0 Å². The Labute approximate surface area is 142 Å². The average molecular weight is 406 g/mol. The van der Waals surface area contributed by atoms with Crippen LogP contribution in [-0.4, -0.2) is 36.5 Å². The minimum absolute atomic E-state index is 0. The Morgan fingerprint density at radius 3 is 2.52 bits per heavy atom. The smallest absolute Gasteiger partial charge is 0.255 e. The number of benzene rings is 1. The van der Waals surface area contributed by atoms with Crippen molar-refractivity contribution >= 4 is 35.8 Å². The summed E-state index contributed by atoms with van der Waals surface area (Å²) in [5.41, 5.74) is 11.9. The highest BCUT2D eigenvalue weighted by Gasteiger charge is 2.03. The molecule has 0 aromatic heterocycles. The summed E-state index contributed by atoms with van der Waals surface area (Å²) in [6, 6.07) is 7.36. The van der Waals surface area contributed by atoms with Gasteiger partial charge in [0, 0.05) is 13.1 Å². The second-order valence-corrected chi connectivity index (χ2v) is 4.25. The highest BCUT2D eigenvalue weighted by atomic mass is 127. The molecule has 1 aromatic carbocycles. The van der Waals surface area contributed by atoms with E-state index in [1.165, 1.54) is 0 Å². The number of aliphatic imine (C=N–C) groups is 1. The van der Waals surface area contributed by atoms with Crippen molar-refractivity contribution in [2.75, 3.05) is 19.7 Å². The van der Waals surface area contributed by atoms with Gasteiger partial charge in [-0.3, -0.25) is 4.79 Å². The summed E-state index contributed by atoms with van der Waals surface area (Å²) in [6.07, 6.45) is 0. The number of primary amides is 1. The van der Waals surface area contributed by atoms with Crippen LogP contribution in [0, 0.1) is 0 Å². The zero-order valence-corrected chi connectivity index (χ0v) is 14.7. The Morgan fingerprint density at radius 2 is 1.95 bits per heavy atom. The predicted molar refractivity (Wildman–Crippen MR) is 94.8 cm³/mol. The normalized spacial score (nSPS) is 10.7. The van der Waals surface area contributed by atoms with Gasteiger partial charge < -0.3 is 21.1 Å². The number of ether oxygens (including phenoxy) is 1. The molecule has 1 amide bonds. The fraction of sp³-hybridized carbons (Fsp3) is 0.429. The Morgan fingerprint density at radius 1 is 1.29 bits per heavy atom. The fourth-order valence-electron chi connectivity index (χ4n) is 1.71. The molecule has 6 nitrogen and oxygen atoms in total. The average Bonchev–Trinajstić information content (AvgIpc) is 2.44. The molecule has 0 spiro atoms. The highest BCUT2D eigenvalue weighted by molar-refractivity contribution is 14.0. The number of nitrogens with zero attached hydrogens (tertiary/aromatic N) is 2. The van der Waals surface area contributed by atoms with Gasteiger partial charge in [0.2, 0.25) is 0 Å². The molecular weight excluding hydrogens is 383 g/mol. The van der Waals surface area contributed by atoms with Gasteiger partial charge in [0.15, 0.2) is 12.6 Å². The van der Waals surface area contributed by atoms with E-state index >= 15 is 0 Å². The zero-order chi connectivity index (χ0) is 15.0. The molecule has 21 heavy (non-hydrogen) atoms. The Kier molecular flexibility index (Phi) is 9.51. The summed E-state index contributed by atoms with van der Waals surface area (Å²) in [7, 11) is 0. The lowest BCUT2D eigenvalue weighted by molar-refractivity contribution is -0.119. The fourth-order valence-corrected chi connectivity index (χ4v) is 1.71. The van der Waals surface area contributed by atoms with Crippen LogP contribution in [0.1, 0.15) is 19.4 Å². The van der Waals surface area contributed by atoms with E-state index in [4.69, 9.17) is 16.2 Å². The Bertz CT molecular complexity index is 476. The summed E-state index contributed by atoms with van der Waals surface area (Å²) in [5.74, 6) is 0.621. The number of rotatable bonds is 7. The maximum atomic E-state index is 10.7. The van der Waals surface area contributed by atoms with E-state index in [-0.39, 0.29) is 30.6 Å². The first-order valence-corrected chi connectivity index (χ1v) is 6.61. The molecule has 0 aliphatic carbocycles. The number of amides is 1. The monoisotopic (exact) mass is 406 g/mol. The SMILES string of the molecule is CCN(CC)C(N)=NCc1cccc(OCC(N)=O)c1.I. The van der Waals surface area contributed by atoms with Gasteiger partial charge in [-0.15, -0.1) is 24.0 Å². The molecule has 1 aromatic rings. The van der Waals surface area contributed by atoms with Crippen molar-refractivity contribution < 1.29 is 9.53 Å². The molecule has 1 rings (SSSR count). The van der Waals surface area contributed by atoms with Crippen LogP contribution in [0.25, 0.3) is 0 Å². The maximum Gasteiger partial charge on any atom is 0.255 e. The molecule has 0 atom stereocenters. The third kappa shape index (κ3) is 7.16. The minimum atomic E-state index is -0.501. The van der Waals surface area contributed by atoms with Gasteiger partial charge in [0.1, 0.15) is 5.75 Å². The van der Waals surface area contributed by atoms with E-state index in [1.807, 2.05) is 36.9 Å². The van der Waals surface area contributed by atoms with Crippen LogP contribution < -0.4 is 16.2 Å². The zero-order valence-electron chi connectivity index (χ0n) is 12.4. The topological polar surface area (TPSA) is 93.9 Å². The molecule has 0 saturated heterocycles. The second kappa shape index (κ2) is 10.3. The molecule has 118 valence electrons. The van der Waals surface area contributed by atoms with E-state index in [9.17, 15) is 4.79 Å². The number of halogens is 1. The number of guanidine groups is 1. The van der Waals surface area contributed by atoms with Gasteiger partial charge >= 0.3 is 0 Å². The lowest BCUT2D eigenvalue weighted by Gasteiger charge is -2.19. The van der Waals surface area contributed by atoms with E-state index < -0.39 is 5.91 Å². The maximum absolute atomic E-state index is 10.7. The molecule has 7 heteroatoms. The molecule has 0 aliphatic heterocycles. The molecule has 4 N–H and O–H groups in total. The van der Waals surface area contributed by atoms with Crippen molar-refractivity contribution in [2.45, 2.75) is 20.4 Å². The van der Waals surface area contributed by atoms with Crippen molar-refractivity contribution in [3.8, 4) is 5.75 Å². The number of carbonyl (C=O) groups excluding carboxylic acids is 1. The third-order valence-corrected chi connectivity index (χ3v) is 2.79. The van der Waals surface area contributed by atoms with Gasteiger partial charge in [-0.25, -0.2) is 4.99 Å². The van der Waals surface area contributed by atoms with Crippen molar-refractivity contribution in [3.63, 3.8) is 0 Å². The highest BCUT2D eigenvalue weighted by Crippen LogP contribution is 2.14.